The highest BCUT2D eigenvalue weighted by atomic mass is 14.5. The van der Waals surface area contributed by atoms with E-state index in [4.69, 9.17) is 0 Å². The molecule has 0 amide bonds. The Hall–Kier alpha value is -5.72. The maximum Gasteiger partial charge on any atom is 0.0215 e. The van der Waals surface area contributed by atoms with Crippen molar-refractivity contribution in [1.82, 2.24) is 0 Å². The second-order valence-electron chi connectivity index (χ2n) is 14.6. The fraction of sp³-hybridized carbons (Fsp3) is 0.0833. The van der Waals surface area contributed by atoms with Crippen LogP contribution in [0.3, 0.4) is 0 Å². The third-order valence-corrected chi connectivity index (χ3v) is 12.7. The first-order valence-corrected chi connectivity index (χ1v) is 17.4. The van der Waals surface area contributed by atoms with Crippen LogP contribution in [-0.4, -0.2) is 0 Å². The summed E-state index contributed by atoms with van der Waals surface area (Å²) in [7, 11) is 0. The van der Waals surface area contributed by atoms with Gasteiger partial charge in [0, 0.05) is 23.7 Å². The summed E-state index contributed by atoms with van der Waals surface area (Å²) < 4.78 is 0. The third kappa shape index (κ3) is 2.61. The van der Waals surface area contributed by atoms with Crippen molar-refractivity contribution < 1.29 is 0 Å². The summed E-state index contributed by atoms with van der Waals surface area (Å²) in [5.41, 5.74) is 18.0. The zero-order valence-electron chi connectivity index (χ0n) is 26.2. The Morgan fingerprint density at radius 2 is 0.438 bits per heavy atom. The predicted molar refractivity (Wildman–Crippen MR) is 200 cm³/mol. The van der Waals surface area contributed by atoms with Gasteiger partial charge in [-0.1, -0.05) is 146 Å². The van der Waals surface area contributed by atoms with Gasteiger partial charge in [-0.05, 0) is 110 Å². The van der Waals surface area contributed by atoms with Crippen LogP contribution in [0.4, 0.5) is 0 Å². The van der Waals surface area contributed by atoms with E-state index in [1.807, 2.05) is 0 Å². The lowest BCUT2D eigenvalue weighted by Crippen LogP contribution is -2.19. The van der Waals surface area contributed by atoms with Crippen LogP contribution >= 0.6 is 0 Å². The highest BCUT2D eigenvalue weighted by molar-refractivity contribution is 6.23. The van der Waals surface area contributed by atoms with Crippen LogP contribution in [0.1, 0.15) is 68.2 Å². The molecule has 5 aliphatic rings. The molecule has 4 unspecified atom stereocenters. The fourth-order valence-electron chi connectivity index (χ4n) is 11.3. The molecule has 0 heterocycles. The molecule has 0 aliphatic heterocycles. The molecule has 0 fully saturated rings. The van der Waals surface area contributed by atoms with E-state index >= 15 is 0 Å². The zero-order valence-corrected chi connectivity index (χ0v) is 26.2. The van der Waals surface area contributed by atoms with Gasteiger partial charge in [0.15, 0.2) is 0 Å². The van der Waals surface area contributed by atoms with Crippen molar-refractivity contribution >= 4 is 65.4 Å². The molecule has 4 atom stereocenters. The number of benzene rings is 8. The third-order valence-electron chi connectivity index (χ3n) is 12.7. The summed E-state index contributed by atoms with van der Waals surface area (Å²) in [6, 6.07) is 56.6. The van der Waals surface area contributed by atoms with Gasteiger partial charge in [0.05, 0.1) is 0 Å². The number of rotatable bonds is 0. The van der Waals surface area contributed by atoms with Crippen LogP contribution in [0, 0.1) is 0 Å². The van der Waals surface area contributed by atoms with Crippen LogP contribution in [0.2, 0.25) is 0 Å². The Morgan fingerprint density at radius 3 is 0.667 bits per heavy atom. The maximum atomic E-state index is 2.45. The predicted octanol–water partition coefficient (Wildman–Crippen LogP) is 12.2. The first kappa shape index (κ1) is 24.5. The van der Waals surface area contributed by atoms with Crippen molar-refractivity contribution in [3.8, 4) is 0 Å². The van der Waals surface area contributed by atoms with Gasteiger partial charge in [-0.15, -0.1) is 0 Å². The number of hydrogen-bond donors (Lipinski definition) is 0. The van der Waals surface area contributed by atoms with E-state index in [0.717, 1.165) is 0 Å². The maximum absolute atomic E-state index is 2.45. The van der Waals surface area contributed by atoms with Crippen LogP contribution < -0.4 is 0 Å². The molecule has 0 saturated carbocycles. The van der Waals surface area contributed by atoms with Crippen molar-refractivity contribution in [2.75, 3.05) is 0 Å². The molecular formula is C48H28. The first-order valence-electron chi connectivity index (χ1n) is 17.4. The van der Waals surface area contributed by atoms with Crippen molar-refractivity contribution in [3.63, 3.8) is 0 Å². The van der Waals surface area contributed by atoms with Crippen LogP contribution in [-0.2, 0) is 0 Å². The quantitative estimate of drug-likeness (QED) is 0.162. The molecule has 0 heteroatoms. The van der Waals surface area contributed by atoms with Crippen LogP contribution in [0.15, 0.2) is 146 Å². The molecule has 0 aromatic heterocycles. The molecule has 13 rings (SSSR count). The monoisotopic (exact) mass is 604 g/mol. The standard InChI is InChI=1S/C48H28/c1-9-25-10-2-18-30-37(25)29(17-1)41-42(30)44-33-21-5-13-27-14-6-22-34(39(27)33)46(44)48-36-24-8-16-28-15-7-23-35(40(28)36)47(48)45-32-20-4-12-26-11-3-19-31(38(26)32)43(41)45/h1-24,41,43,46,48H/b44-42-,47-45-. The van der Waals surface area contributed by atoms with Gasteiger partial charge in [-0.25, -0.2) is 0 Å². The first-order chi connectivity index (χ1) is 23.9. The molecule has 0 saturated heterocycles. The molecule has 0 radical (unpaired) electrons. The molecule has 220 valence electrons. The van der Waals surface area contributed by atoms with Crippen molar-refractivity contribution in [3.05, 3.63) is 190 Å². The molecule has 8 aromatic carbocycles. The van der Waals surface area contributed by atoms with E-state index < -0.39 is 0 Å². The summed E-state index contributed by atoms with van der Waals surface area (Å²) in [5.74, 6) is 0.880. The Morgan fingerprint density at radius 1 is 0.229 bits per heavy atom. The fourth-order valence-corrected chi connectivity index (χ4v) is 11.3. The second kappa shape index (κ2) is 8.22. The Balaban J connectivity index is 1.31. The summed E-state index contributed by atoms with van der Waals surface area (Å²) in [6.45, 7) is 0. The Kier molecular flexibility index (Phi) is 4.19. The number of allylic oxidation sites excluding steroid dienone is 4. The van der Waals surface area contributed by atoms with Gasteiger partial charge in [-0.3, -0.25) is 0 Å². The minimum absolute atomic E-state index is 0.220. The normalized spacial score (nSPS) is 25.0. The summed E-state index contributed by atoms with van der Waals surface area (Å²) in [5, 5.41) is 11.2. The lowest BCUT2D eigenvalue weighted by Gasteiger charge is -2.36. The van der Waals surface area contributed by atoms with Gasteiger partial charge in [0.25, 0.3) is 0 Å². The molecule has 0 bridgehead atoms. The molecule has 0 spiro atoms. The van der Waals surface area contributed by atoms with Crippen molar-refractivity contribution in [2.24, 2.45) is 0 Å². The minimum atomic E-state index is 0.220. The van der Waals surface area contributed by atoms with Crippen LogP contribution in [0.5, 0.6) is 0 Å². The summed E-state index contributed by atoms with van der Waals surface area (Å²) in [4.78, 5) is 0. The van der Waals surface area contributed by atoms with Gasteiger partial charge >= 0.3 is 0 Å². The molecule has 8 aromatic rings. The summed E-state index contributed by atoms with van der Waals surface area (Å²) in [6.07, 6.45) is 0. The van der Waals surface area contributed by atoms with Crippen LogP contribution in [0.25, 0.3) is 65.4 Å². The average molecular weight is 605 g/mol. The topological polar surface area (TPSA) is 0 Å². The van der Waals surface area contributed by atoms with E-state index in [1.165, 1.54) is 87.6 Å². The molecule has 0 N–H and O–H groups in total. The second-order valence-corrected chi connectivity index (χ2v) is 14.6. The molecule has 0 nitrogen and oxygen atoms in total. The van der Waals surface area contributed by atoms with E-state index in [2.05, 4.69) is 146 Å². The number of hydrogen-bond acceptors (Lipinski definition) is 0. The van der Waals surface area contributed by atoms with Crippen molar-refractivity contribution in [1.29, 1.82) is 0 Å². The molecule has 5 aliphatic carbocycles. The van der Waals surface area contributed by atoms with E-state index in [9.17, 15) is 0 Å². The van der Waals surface area contributed by atoms with Gasteiger partial charge in [-0.2, -0.15) is 0 Å². The average Bonchev–Trinajstić information content (AvgIpc) is 3.83. The Labute approximate surface area is 278 Å². The smallest absolute Gasteiger partial charge is 0.0215 e. The number of fused-ring (bicyclic) bond motifs is 14. The zero-order chi connectivity index (χ0) is 30.8. The van der Waals surface area contributed by atoms with E-state index in [0.29, 0.717) is 0 Å². The highest BCUT2D eigenvalue weighted by Crippen LogP contribution is 2.71. The Bertz CT molecular complexity index is 2490. The van der Waals surface area contributed by atoms with Gasteiger partial charge < -0.3 is 0 Å². The van der Waals surface area contributed by atoms with Gasteiger partial charge in [0.2, 0.25) is 0 Å². The lowest BCUT2D eigenvalue weighted by molar-refractivity contribution is 0.754. The minimum Gasteiger partial charge on any atom is -0.0613 e. The largest absolute Gasteiger partial charge is 0.0613 e. The van der Waals surface area contributed by atoms with E-state index in [1.54, 1.807) is 22.3 Å². The summed E-state index contributed by atoms with van der Waals surface area (Å²) >= 11 is 0. The SMILES string of the molecule is c1cc2c3c(cccc3c1)C1/C2=C2/c3cccc4cccc(c34)C2C2/C(=C3/c4cccc5cccc(c45)C31)c1cccc3cccc2c13. The van der Waals surface area contributed by atoms with Crippen molar-refractivity contribution in [2.45, 2.75) is 23.7 Å². The highest BCUT2D eigenvalue weighted by Gasteiger charge is 2.52. The molecule has 48 heavy (non-hydrogen) atoms. The lowest BCUT2D eigenvalue weighted by atomic mass is 9.65. The van der Waals surface area contributed by atoms with E-state index in [-0.39, 0.29) is 23.7 Å². The van der Waals surface area contributed by atoms with Gasteiger partial charge in [0.1, 0.15) is 0 Å². The molecular weight excluding hydrogens is 577 g/mol.